The molecule has 5 heteroatoms. The minimum absolute atomic E-state index is 0.0305. The smallest absolute Gasteiger partial charge is 0.236 e. The van der Waals surface area contributed by atoms with Crippen LogP contribution in [0.4, 0.5) is 0 Å². The highest BCUT2D eigenvalue weighted by Gasteiger charge is 2.11. The van der Waals surface area contributed by atoms with Gasteiger partial charge in [0.05, 0.1) is 12.6 Å². The van der Waals surface area contributed by atoms with Crippen LogP contribution >= 0.6 is 0 Å². The third kappa shape index (κ3) is 8.08. The summed E-state index contributed by atoms with van der Waals surface area (Å²) in [6, 6.07) is -0.323. The van der Waals surface area contributed by atoms with E-state index in [1.165, 1.54) is 6.92 Å². The summed E-state index contributed by atoms with van der Waals surface area (Å²) in [5.41, 5.74) is 0. The number of rotatable bonds is 7. The van der Waals surface area contributed by atoms with E-state index in [1.54, 1.807) is 6.92 Å². The molecule has 0 aromatic carbocycles. The number of nitrogens with zero attached hydrogens (tertiary/aromatic N) is 1. The molecular weight excluding hydrogens is 194 g/mol. The molecule has 0 aromatic rings. The van der Waals surface area contributed by atoms with E-state index in [-0.39, 0.29) is 24.3 Å². The highest BCUT2D eigenvalue weighted by Crippen LogP contribution is 1.82. The van der Waals surface area contributed by atoms with Crippen LogP contribution in [0.3, 0.4) is 0 Å². The molecule has 1 amide bonds. The molecule has 0 aliphatic carbocycles. The molecule has 0 spiro atoms. The Morgan fingerprint density at radius 2 is 1.93 bits per heavy atom. The first-order valence-corrected chi connectivity index (χ1v) is 5.08. The summed E-state index contributed by atoms with van der Waals surface area (Å²) in [6.07, 6.45) is 0. The highest BCUT2D eigenvalue weighted by molar-refractivity contribution is 5.83. The van der Waals surface area contributed by atoms with Gasteiger partial charge in [-0.15, -0.1) is 0 Å². The fourth-order valence-corrected chi connectivity index (χ4v) is 0.945. The summed E-state index contributed by atoms with van der Waals surface area (Å²) in [7, 11) is 3.90. The Hall–Kier alpha value is -0.940. The number of amides is 1. The second kappa shape index (κ2) is 7.36. The minimum atomic E-state index is -0.323. The Kier molecular flexibility index (Phi) is 6.90. The molecule has 1 unspecified atom stereocenters. The molecule has 0 heterocycles. The zero-order chi connectivity index (χ0) is 11.8. The largest absolute Gasteiger partial charge is 0.353 e. The van der Waals surface area contributed by atoms with E-state index in [0.717, 1.165) is 6.54 Å². The molecule has 0 radical (unpaired) electrons. The van der Waals surface area contributed by atoms with Gasteiger partial charge in [0.1, 0.15) is 5.78 Å². The summed E-state index contributed by atoms with van der Waals surface area (Å²) in [5, 5.41) is 5.63. The number of hydrogen-bond acceptors (Lipinski definition) is 4. The lowest BCUT2D eigenvalue weighted by atomic mass is 10.3. The van der Waals surface area contributed by atoms with Gasteiger partial charge in [-0.2, -0.15) is 0 Å². The number of carbonyl (C=O) groups excluding carboxylic acids is 2. The van der Waals surface area contributed by atoms with Crippen molar-refractivity contribution in [2.75, 3.05) is 33.7 Å². The Labute approximate surface area is 91.2 Å². The van der Waals surface area contributed by atoms with E-state index >= 15 is 0 Å². The second-order valence-corrected chi connectivity index (χ2v) is 3.90. The van der Waals surface area contributed by atoms with Crippen LogP contribution in [0, 0.1) is 0 Å². The van der Waals surface area contributed by atoms with Gasteiger partial charge < -0.3 is 10.2 Å². The van der Waals surface area contributed by atoms with Gasteiger partial charge in [0, 0.05) is 13.1 Å². The van der Waals surface area contributed by atoms with Crippen LogP contribution in [-0.4, -0.2) is 56.4 Å². The predicted molar refractivity (Wildman–Crippen MR) is 59.7 cm³/mol. The van der Waals surface area contributed by atoms with Gasteiger partial charge in [-0.25, -0.2) is 0 Å². The van der Waals surface area contributed by atoms with Gasteiger partial charge in [0.25, 0.3) is 0 Å². The molecule has 0 aliphatic rings. The molecular formula is C10H21N3O2. The van der Waals surface area contributed by atoms with Gasteiger partial charge in [-0.3, -0.25) is 14.9 Å². The lowest BCUT2D eigenvalue weighted by Gasteiger charge is -2.14. The SMILES string of the molecule is CC(=O)CNC(C)C(=O)NCCN(C)C. The number of ketones is 1. The lowest BCUT2D eigenvalue weighted by Crippen LogP contribution is -2.45. The lowest BCUT2D eigenvalue weighted by molar-refractivity contribution is -0.123. The average Bonchev–Trinajstić information content (AvgIpc) is 2.13. The Morgan fingerprint density at radius 3 is 2.40 bits per heavy atom. The summed E-state index contributed by atoms with van der Waals surface area (Å²) in [6.45, 7) is 4.91. The molecule has 0 saturated heterocycles. The Balaban J connectivity index is 3.64. The number of nitrogens with one attached hydrogen (secondary N) is 2. The van der Waals surface area contributed by atoms with Crippen LogP contribution in [0.2, 0.25) is 0 Å². The second-order valence-electron chi connectivity index (χ2n) is 3.90. The number of carbonyl (C=O) groups is 2. The van der Waals surface area contributed by atoms with Crippen molar-refractivity contribution in [3.05, 3.63) is 0 Å². The van der Waals surface area contributed by atoms with E-state index in [2.05, 4.69) is 10.6 Å². The molecule has 0 rings (SSSR count). The number of Topliss-reactive ketones (excluding diaryl/α,β-unsaturated/α-hetero) is 1. The molecule has 0 aromatic heterocycles. The van der Waals surface area contributed by atoms with Crippen molar-refractivity contribution < 1.29 is 9.59 Å². The molecule has 0 fully saturated rings. The van der Waals surface area contributed by atoms with Crippen LogP contribution in [0.25, 0.3) is 0 Å². The van der Waals surface area contributed by atoms with Gasteiger partial charge in [-0.05, 0) is 27.9 Å². The maximum atomic E-state index is 11.4. The molecule has 1 atom stereocenters. The minimum Gasteiger partial charge on any atom is -0.353 e. The number of hydrogen-bond donors (Lipinski definition) is 2. The summed E-state index contributed by atoms with van der Waals surface area (Å²) in [5.74, 6) is -0.0407. The van der Waals surface area contributed by atoms with Crippen LogP contribution in [0.5, 0.6) is 0 Å². The van der Waals surface area contributed by atoms with Crippen molar-refractivity contribution in [3.8, 4) is 0 Å². The van der Waals surface area contributed by atoms with Gasteiger partial charge in [-0.1, -0.05) is 0 Å². The van der Waals surface area contributed by atoms with Gasteiger partial charge in [0.2, 0.25) is 5.91 Å². The Morgan fingerprint density at radius 1 is 1.33 bits per heavy atom. The van der Waals surface area contributed by atoms with Crippen molar-refractivity contribution in [1.29, 1.82) is 0 Å². The fourth-order valence-electron chi connectivity index (χ4n) is 0.945. The third-order valence-electron chi connectivity index (χ3n) is 1.91. The van der Waals surface area contributed by atoms with Crippen LogP contribution in [0.15, 0.2) is 0 Å². The molecule has 5 nitrogen and oxygen atoms in total. The van der Waals surface area contributed by atoms with Crippen molar-refractivity contribution in [2.24, 2.45) is 0 Å². The monoisotopic (exact) mass is 215 g/mol. The maximum absolute atomic E-state index is 11.4. The van der Waals surface area contributed by atoms with Gasteiger partial charge in [0.15, 0.2) is 0 Å². The molecule has 88 valence electrons. The zero-order valence-electron chi connectivity index (χ0n) is 9.96. The fraction of sp³-hybridized carbons (Fsp3) is 0.800. The molecule has 15 heavy (non-hydrogen) atoms. The van der Waals surface area contributed by atoms with Crippen LogP contribution in [-0.2, 0) is 9.59 Å². The first kappa shape index (κ1) is 14.1. The predicted octanol–water partition coefficient (Wildman–Crippen LogP) is -0.769. The Bertz CT molecular complexity index is 217. The van der Waals surface area contributed by atoms with Crippen molar-refractivity contribution >= 4 is 11.7 Å². The van der Waals surface area contributed by atoms with E-state index in [4.69, 9.17) is 0 Å². The number of likely N-dealkylation sites (N-methyl/N-ethyl adjacent to an activating group) is 1. The van der Waals surface area contributed by atoms with Crippen molar-refractivity contribution in [1.82, 2.24) is 15.5 Å². The van der Waals surface area contributed by atoms with E-state index < -0.39 is 0 Å². The molecule has 0 bridgehead atoms. The topological polar surface area (TPSA) is 61.4 Å². The summed E-state index contributed by atoms with van der Waals surface area (Å²) in [4.78, 5) is 24.1. The standard InChI is InChI=1S/C10H21N3O2/c1-8(14)7-12-9(2)10(15)11-5-6-13(3)4/h9,12H,5-7H2,1-4H3,(H,11,15). The van der Waals surface area contributed by atoms with E-state index in [1.807, 2.05) is 19.0 Å². The van der Waals surface area contributed by atoms with E-state index in [9.17, 15) is 9.59 Å². The zero-order valence-corrected chi connectivity index (χ0v) is 9.96. The molecule has 0 saturated carbocycles. The van der Waals surface area contributed by atoms with E-state index in [0.29, 0.717) is 6.54 Å². The van der Waals surface area contributed by atoms with Gasteiger partial charge >= 0.3 is 0 Å². The third-order valence-corrected chi connectivity index (χ3v) is 1.91. The van der Waals surface area contributed by atoms with Crippen molar-refractivity contribution in [2.45, 2.75) is 19.9 Å². The average molecular weight is 215 g/mol. The maximum Gasteiger partial charge on any atom is 0.236 e. The first-order valence-electron chi connectivity index (χ1n) is 5.08. The highest BCUT2D eigenvalue weighted by atomic mass is 16.2. The normalized spacial score (nSPS) is 12.6. The summed E-state index contributed by atoms with van der Waals surface area (Å²) < 4.78 is 0. The van der Waals surface area contributed by atoms with Crippen LogP contribution in [0.1, 0.15) is 13.8 Å². The van der Waals surface area contributed by atoms with Crippen molar-refractivity contribution in [3.63, 3.8) is 0 Å². The molecule has 2 N–H and O–H groups in total. The first-order chi connectivity index (χ1) is 6.93. The summed E-state index contributed by atoms with van der Waals surface area (Å²) >= 11 is 0. The quantitative estimate of drug-likeness (QED) is 0.585. The molecule has 0 aliphatic heterocycles. The van der Waals surface area contributed by atoms with Crippen LogP contribution < -0.4 is 10.6 Å².